The number of hydrogen-bond acceptors (Lipinski definition) is 4. The van der Waals surface area contributed by atoms with E-state index in [9.17, 15) is 14.0 Å². The summed E-state index contributed by atoms with van der Waals surface area (Å²) in [5, 5.41) is 0. The number of rotatable bonds is 3. The van der Waals surface area contributed by atoms with Crippen LogP contribution >= 0.6 is 11.3 Å². The van der Waals surface area contributed by atoms with Crippen molar-refractivity contribution in [1.29, 1.82) is 0 Å². The maximum absolute atomic E-state index is 13.6. The van der Waals surface area contributed by atoms with E-state index in [2.05, 4.69) is 10.9 Å². The minimum Gasteiger partial charge on any atom is -0.494 e. The zero-order valence-electron chi connectivity index (χ0n) is 13.9. The van der Waals surface area contributed by atoms with Crippen LogP contribution in [-0.4, -0.2) is 18.9 Å². The molecule has 1 aromatic carbocycles. The van der Waals surface area contributed by atoms with Crippen molar-refractivity contribution in [2.45, 2.75) is 32.1 Å². The van der Waals surface area contributed by atoms with Gasteiger partial charge in [0.05, 0.1) is 12.0 Å². The number of aryl methyl sites for hydroxylation is 2. The number of methoxy groups -OCH3 is 1. The average molecular weight is 362 g/mol. The third kappa shape index (κ3) is 3.99. The van der Waals surface area contributed by atoms with E-state index in [1.54, 1.807) is 0 Å². The lowest BCUT2D eigenvalue weighted by atomic mass is 10.1. The number of fused-ring (bicyclic) bond motifs is 1. The Kier molecular flexibility index (Phi) is 5.33. The van der Waals surface area contributed by atoms with Crippen LogP contribution in [0.5, 0.6) is 5.75 Å². The summed E-state index contributed by atoms with van der Waals surface area (Å²) in [6.45, 7) is 0. The monoisotopic (exact) mass is 362 g/mol. The third-order valence-corrected chi connectivity index (χ3v) is 5.41. The molecule has 0 saturated heterocycles. The van der Waals surface area contributed by atoms with Gasteiger partial charge in [-0.2, -0.15) is 0 Å². The van der Waals surface area contributed by atoms with E-state index in [1.807, 2.05) is 6.07 Å². The van der Waals surface area contributed by atoms with Crippen LogP contribution in [0.2, 0.25) is 0 Å². The zero-order valence-corrected chi connectivity index (χ0v) is 14.7. The quantitative estimate of drug-likeness (QED) is 0.651. The van der Waals surface area contributed by atoms with Crippen molar-refractivity contribution in [3.8, 4) is 5.75 Å². The molecule has 3 rings (SSSR count). The van der Waals surface area contributed by atoms with Crippen LogP contribution in [0.25, 0.3) is 0 Å². The maximum atomic E-state index is 13.6. The number of amides is 2. The zero-order chi connectivity index (χ0) is 17.8. The van der Waals surface area contributed by atoms with E-state index >= 15 is 0 Å². The molecule has 0 unspecified atom stereocenters. The standard InChI is InChI=1S/C18H19FN2O3S/c1-24-14-8-7-12(9-13(14)19)17(22)20-21-18(23)16-10-11-5-3-2-4-6-15(11)25-16/h7-10H,2-6H2,1H3,(H,20,22)(H,21,23). The summed E-state index contributed by atoms with van der Waals surface area (Å²) in [7, 11) is 1.35. The summed E-state index contributed by atoms with van der Waals surface area (Å²) in [6, 6.07) is 5.76. The highest BCUT2D eigenvalue weighted by Gasteiger charge is 2.17. The molecule has 0 spiro atoms. The fraction of sp³-hybridized carbons (Fsp3) is 0.333. The Bertz CT molecular complexity index is 780. The molecule has 25 heavy (non-hydrogen) atoms. The lowest BCUT2D eigenvalue weighted by Crippen LogP contribution is -2.41. The van der Waals surface area contributed by atoms with Crippen LogP contribution in [0, 0.1) is 5.82 Å². The van der Waals surface area contributed by atoms with Gasteiger partial charge in [0.1, 0.15) is 0 Å². The van der Waals surface area contributed by atoms with Gasteiger partial charge in [-0.25, -0.2) is 4.39 Å². The fourth-order valence-corrected chi connectivity index (χ4v) is 3.98. The van der Waals surface area contributed by atoms with Gasteiger partial charge in [-0.1, -0.05) is 6.42 Å². The lowest BCUT2D eigenvalue weighted by molar-refractivity contribution is 0.0848. The minimum absolute atomic E-state index is 0.0562. The van der Waals surface area contributed by atoms with Crippen LogP contribution in [0.15, 0.2) is 24.3 Å². The molecule has 132 valence electrons. The van der Waals surface area contributed by atoms with E-state index in [1.165, 1.54) is 47.4 Å². The van der Waals surface area contributed by atoms with Crippen LogP contribution in [0.4, 0.5) is 4.39 Å². The molecule has 7 heteroatoms. The van der Waals surface area contributed by atoms with Crippen LogP contribution < -0.4 is 15.6 Å². The predicted octanol–water partition coefficient (Wildman–Crippen LogP) is 3.24. The van der Waals surface area contributed by atoms with Crippen molar-refractivity contribution in [3.05, 3.63) is 51.0 Å². The van der Waals surface area contributed by atoms with Crippen molar-refractivity contribution in [3.63, 3.8) is 0 Å². The second-order valence-electron chi connectivity index (χ2n) is 5.88. The Balaban J connectivity index is 1.62. The lowest BCUT2D eigenvalue weighted by Gasteiger charge is -2.07. The fourth-order valence-electron chi connectivity index (χ4n) is 2.83. The number of benzene rings is 1. The first-order chi connectivity index (χ1) is 12.1. The summed E-state index contributed by atoms with van der Waals surface area (Å²) in [6.07, 6.45) is 5.51. The van der Waals surface area contributed by atoms with E-state index in [0.717, 1.165) is 31.7 Å². The maximum Gasteiger partial charge on any atom is 0.279 e. The molecule has 2 N–H and O–H groups in total. The number of nitrogens with one attached hydrogen (secondary N) is 2. The number of carbonyl (C=O) groups excluding carboxylic acids is 2. The highest BCUT2D eigenvalue weighted by atomic mass is 32.1. The number of hydrazine groups is 1. The van der Waals surface area contributed by atoms with Crippen molar-refractivity contribution in [2.75, 3.05) is 7.11 Å². The van der Waals surface area contributed by atoms with Crippen LogP contribution in [0.3, 0.4) is 0 Å². The van der Waals surface area contributed by atoms with Crippen molar-refractivity contribution in [1.82, 2.24) is 10.9 Å². The van der Waals surface area contributed by atoms with Crippen LogP contribution in [-0.2, 0) is 12.8 Å². The van der Waals surface area contributed by atoms with Gasteiger partial charge in [0.25, 0.3) is 11.8 Å². The molecule has 0 aliphatic heterocycles. The molecule has 0 radical (unpaired) electrons. The number of thiophene rings is 1. The first-order valence-corrected chi connectivity index (χ1v) is 8.96. The average Bonchev–Trinajstić information content (AvgIpc) is 2.90. The summed E-state index contributed by atoms with van der Waals surface area (Å²) in [5.41, 5.74) is 6.03. The SMILES string of the molecule is COc1ccc(C(=O)NNC(=O)c2cc3c(s2)CCCCC3)cc1F. The van der Waals surface area contributed by atoms with E-state index in [4.69, 9.17) is 4.74 Å². The Labute approximate surface area is 149 Å². The molecule has 1 heterocycles. The van der Waals surface area contributed by atoms with Gasteiger partial charge in [-0.05, 0) is 55.5 Å². The van der Waals surface area contributed by atoms with Gasteiger partial charge in [-0.3, -0.25) is 20.4 Å². The number of ether oxygens (including phenoxy) is 1. The Morgan fingerprint density at radius 2 is 1.84 bits per heavy atom. The molecule has 1 aromatic heterocycles. The van der Waals surface area contributed by atoms with Crippen molar-refractivity contribution >= 4 is 23.2 Å². The molecule has 1 aliphatic rings. The van der Waals surface area contributed by atoms with E-state index in [-0.39, 0.29) is 17.2 Å². The Morgan fingerprint density at radius 1 is 1.08 bits per heavy atom. The topological polar surface area (TPSA) is 67.4 Å². The Hall–Kier alpha value is -2.41. The first-order valence-electron chi connectivity index (χ1n) is 8.14. The molecule has 0 atom stereocenters. The van der Waals surface area contributed by atoms with Crippen molar-refractivity contribution in [2.24, 2.45) is 0 Å². The van der Waals surface area contributed by atoms with Gasteiger partial charge < -0.3 is 4.74 Å². The molecular weight excluding hydrogens is 343 g/mol. The second kappa shape index (κ2) is 7.65. The molecule has 0 saturated carbocycles. The van der Waals surface area contributed by atoms with Gasteiger partial charge >= 0.3 is 0 Å². The van der Waals surface area contributed by atoms with Gasteiger partial charge in [0, 0.05) is 10.4 Å². The molecule has 1 aliphatic carbocycles. The highest BCUT2D eigenvalue weighted by molar-refractivity contribution is 7.14. The number of halogens is 1. The van der Waals surface area contributed by atoms with Crippen LogP contribution in [0.1, 0.15) is 49.7 Å². The van der Waals surface area contributed by atoms with Gasteiger partial charge in [0.2, 0.25) is 0 Å². The molecule has 0 fully saturated rings. The van der Waals surface area contributed by atoms with Crippen molar-refractivity contribution < 1.29 is 18.7 Å². The highest BCUT2D eigenvalue weighted by Crippen LogP contribution is 2.28. The largest absolute Gasteiger partial charge is 0.494 e. The predicted molar refractivity (Wildman–Crippen MR) is 93.5 cm³/mol. The van der Waals surface area contributed by atoms with Gasteiger partial charge in [0.15, 0.2) is 11.6 Å². The summed E-state index contributed by atoms with van der Waals surface area (Å²) in [5.74, 6) is -1.53. The second-order valence-corrected chi connectivity index (χ2v) is 7.01. The molecule has 5 nitrogen and oxygen atoms in total. The smallest absolute Gasteiger partial charge is 0.279 e. The molecule has 2 amide bonds. The first kappa shape index (κ1) is 17.4. The summed E-state index contributed by atoms with van der Waals surface area (Å²) >= 11 is 1.47. The molecule has 0 bridgehead atoms. The van der Waals surface area contributed by atoms with E-state index < -0.39 is 11.7 Å². The minimum atomic E-state index is -0.636. The van der Waals surface area contributed by atoms with E-state index in [0.29, 0.717) is 4.88 Å². The normalized spacial score (nSPS) is 13.5. The summed E-state index contributed by atoms with van der Waals surface area (Å²) in [4.78, 5) is 26.1. The third-order valence-electron chi connectivity index (χ3n) is 4.17. The van der Waals surface area contributed by atoms with Gasteiger partial charge in [-0.15, -0.1) is 11.3 Å². The molecular formula is C18H19FN2O3S. The number of hydrogen-bond donors (Lipinski definition) is 2. The number of carbonyl (C=O) groups is 2. The Morgan fingerprint density at radius 3 is 2.60 bits per heavy atom. The summed E-state index contributed by atoms with van der Waals surface area (Å²) < 4.78 is 18.5. The molecule has 2 aromatic rings.